The molecule has 134 valence electrons. The fraction of sp³-hybridized carbons (Fsp3) is 0.0909. The average Bonchev–Trinajstić information content (AvgIpc) is 3.17. The summed E-state index contributed by atoms with van der Waals surface area (Å²) in [5.74, 6) is -0.845. The van der Waals surface area contributed by atoms with Gasteiger partial charge in [-0.3, -0.25) is 9.89 Å². The molecule has 27 heavy (non-hydrogen) atoms. The molecule has 0 fully saturated rings. The second-order valence-electron chi connectivity index (χ2n) is 6.55. The minimum Gasteiger partial charge on any atom is -0.481 e. The molecule has 1 heterocycles. The Bertz CT molecular complexity index is 1130. The van der Waals surface area contributed by atoms with E-state index >= 15 is 0 Å². The number of carboxylic acids is 1. The van der Waals surface area contributed by atoms with E-state index in [9.17, 15) is 9.90 Å². The van der Waals surface area contributed by atoms with Crippen LogP contribution in [0.5, 0.6) is 0 Å². The molecule has 4 aromatic rings. The number of aromatic nitrogens is 2. The van der Waals surface area contributed by atoms with Crippen molar-refractivity contribution in [3.63, 3.8) is 0 Å². The molecule has 0 aliphatic heterocycles. The molecular weight excluding hydrogens is 360 g/mol. The van der Waals surface area contributed by atoms with Crippen molar-refractivity contribution in [2.75, 3.05) is 0 Å². The number of aryl methyl sites for hydroxylation is 1. The van der Waals surface area contributed by atoms with E-state index in [4.69, 9.17) is 11.6 Å². The lowest BCUT2D eigenvalue weighted by Crippen LogP contribution is -2.05. The summed E-state index contributed by atoms with van der Waals surface area (Å²) < 4.78 is 0. The Morgan fingerprint density at radius 3 is 2.48 bits per heavy atom. The van der Waals surface area contributed by atoms with Gasteiger partial charge in [0, 0.05) is 16.8 Å². The third kappa shape index (κ3) is 3.32. The molecular formula is C22H17ClN2O2. The summed E-state index contributed by atoms with van der Waals surface area (Å²) in [6.45, 7) is 1.96. The molecule has 0 aliphatic carbocycles. The van der Waals surface area contributed by atoms with E-state index in [1.165, 1.54) is 0 Å². The van der Waals surface area contributed by atoms with Crippen molar-refractivity contribution in [3.05, 3.63) is 77.1 Å². The number of benzene rings is 3. The molecule has 1 aromatic heterocycles. The predicted octanol–water partition coefficient (Wildman–Crippen LogP) is 5.49. The van der Waals surface area contributed by atoms with Crippen molar-refractivity contribution in [2.45, 2.75) is 13.3 Å². The summed E-state index contributed by atoms with van der Waals surface area (Å²) in [6.07, 6.45) is 3.61. The van der Waals surface area contributed by atoms with Crippen LogP contribution in [0, 0.1) is 6.92 Å². The summed E-state index contributed by atoms with van der Waals surface area (Å²) in [6, 6.07) is 15.8. The van der Waals surface area contributed by atoms with Crippen molar-refractivity contribution < 1.29 is 9.90 Å². The van der Waals surface area contributed by atoms with E-state index in [1.54, 1.807) is 6.20 Å². The first-order chi connectivity index (χ1) is 13.0. The molecule has 0 spiro atoms. The lowest BCUT2D eigenvalue weighted by atomic mass is 9.87. The van der Waals surface area contributed by atoms with Crippen LogP contribution in [0.15, 0.2) is 60.9 Å². The molecule has 0 unspecified atom stereocenters. The molecule has 4 rings (SSSR count). The van der Waals surface area contributed by atoms with Crippen LogP contribution in [0.25, 0.3) is 33.0 Å². The molecule has 0 saturated carbocycles. The van der Waals surface area contributed by atoms with Crippen LogP contribution in [0.3, 0.4) is 0 Å². The highest BCUT2D eigenvalue weighted by atomic mass is 35.5. The summed E-state index contributed by atoms with van der Waals surface area (Å²) in [5, 5.41) is 19.0. The highest BCUT2D eigenvalue weighted by molar-refractivity contribution is 6.30. The number of halogens is 1. The molecule has 0 bridgehead atoms. The van der Waals surface area contributed by atoms with Gasteiger partial charge in [-0.2, -0.15) is 5.10 Å². The SMILES string of the molecule is Cc1cc2cc(-c3cn[nH]c3)ccc2c(-c2ccc(Cl)cc2)c1CC(=O)O. The van der Waals surface area contributed by atoms with Gasteiger partial charge in [-0.15, -0.1) is 0 Å². The van der Waals surface area contributed by atoms with Gasteiger partial charge < -0.3 is 5.11 Å². The molecule has 0 radical (unpaired) electrons. The summed E-state index contributed by atoms with van der Waals surface area (Å²) in [7, 11) is 0. The lowest BCUT2D eigenvalue weighted by Gasteiger charge is -2.16. The zero-order valence-electron chi connectivity index (χ0n) is 14.7. The Morgan fingerprint density at radius 1 is 1.07 bits per heavy atom. The Kier molecular flexibility index (Phi) is 4.42. The van der Waals surface area contributed by atoms with Crippen molar-refractivity contribution >= 4 is 28.3 Å². The monoisotopic (exact) mass is 376 g/mol. The van der Waals surface area contributed by atoms with Crippen molar-refractivity contribution in [1.82, 2.24) is 10.2 Å². The Balaban J connectivity index is 2.00. The normalized spacial score (nSPS) is 11.0. The highest BCUT2D eigenvalue weighted by Gasteiger charge is 2.16. The number of H-pyrrole nitrogens is 1. The first kappa shape index (κ1) is 17.3. The maximum Gasteiger partial charge on any atom is 0.307 e. The second-order valence-corrected chi connectivity index (χ2v) is 6.98. The van der Waals surface area contributed by atoms with Gasteiger partial charge in [0.1, 0.15) is 0 Å². The molecule has 5 heteroatoms. The molecule has 0 amide bonds. The Morgan fingerprint density at radius 2 is 1.81 bits per heavy atom. The summed E-state index contributed by atoms with van der Waals surface area (Å²) in [4.78, 5) is 11.5. The smallest absolute Gasteiger partial charge is 0.307 e. The van der Waals surface area contributed by atoms with Gasteiger partial charge in [0.15, 0.2) is 0 Å². The summed E-state index contributed by atoms with van der Waals surface area (Å²) in [5.41, 5.74) is 5.76. The highest BCUT2D eigenvalue weighted by Crippen LogP contribution is 2.37. The number of hydrogen-bond acceptors (Lipinski definition) is 2. The third-order valence-corrected chi connectivity index (χ3v) is 5.02. The van der Waals surface area contributed by atoms with E-state index in [0.717, 1.165) is 44.2 Å². The quantitative estimate of drug-likeness (QED) is 0.495. The topological polar surface area (TPSA) is 66.0 Å². The Labute approximate surface area is 161 Å². The van der Waals surface area contributed by atoms with Crippen LogP contribution >= 0.6 is 11.6 Å². The van der Waals surface area contributed by atoms with Crippen LogP contribution < -0.4 is 0 Å². The van der Waals surface area contributed by atoms with Crippen molar-refractivity contribution in [3.8, 4) is 22.3 Å². The number of nitrogens with zero attached hydrogens (tertiary/aromatic N) is 1. The fourth-order valence-corrected chi connectivity index (χ4v) is 3.63. The van der Waals surface area contributed by atoms with E-state index in [0.29, 0.717) is 5.02 Å². The largest absolute Gasteiger partial charge is 0.481 e. The van der Waals surface area contributed by atoms with Crippen LogP contribution in [-0.2, 0) is 11.2 Å². The number of aliphatic carboxylic acids is 1. The number of rotatable bonds is 4. The van der Waals surface area contributed by atoms with Gasteiger partial charge >= 0.3 is 5.97 Å². The first-order valence-corrected chi connectivity index (χ1v) is 8.94. The number of hydrogen-bond donors (Lipinski definition) is 2. The zero-order chi connectivity index (χ0) is 19.0. The fourth-order valence-electron chi connectivity index (χ4n) is 3.50. The number of carboxylic acid groups (broad SMARTS) is 1. The minimum atomic E-state index is -0.845. The number of nitrogens with one attached hydrogen (secondary N) is 1. The first-order valence-electron chi connectivity index (χ1n) is 8.56. The van der Waals surface area contributed by atoms with Gasteiger partial charge in [-0.25, -0.2) is 0 Å². The molecule has 3 aromatic carbocycles. The van der Waals surface area contributed by atoms with Gasteiger partial charge in [-0.05, 0) is 63.7 Å². The minimum absolute atomic E-state index is 0.0246. The third-order valence-electron chi connectivity index (χ3n) is 4.76. The number of aromatic amines is 1. The van der Waals surface area contributed by atoms with E-state index < -0.39 is 5.97 Å². The molecule has 0 atom stereocenters. The van der Waals surface area contributed by atoms with Crippen LogP contribution in [0.4, 0.5) is 0 Å². The van der Waals surface area contributed by atoms with Crippen LogP contribution in [-0.4, -0.2) is 21.3 Å². The number of carbonyl (C=O) groups is 1. The van der Waals surface area contributed by atoms with Crippen LogP contribution in [0.1, 0.15) is 11.1 Å². The average molecular weight is 377 g/mol. The maximum absolute atomic E-state index is 11.5. The lowest BCUT2D eigenvalue weighted by molar-refractivity contribution is -0.136. The molecule has 0 aliphatic rings. The van der Waals surface area contributed by atoms with Crippen molar-refractivity contribution in [2.24, 2.45) is 0 Å². The van der Waals surface area contributed by atoms with Gasteiger partial charge in [0.25, 0.3) is 0 Å². The Hall–Kier alpha value is -3.11. The standard InChI is InChI=1S/C22H17ClN2O2/c1-13-8-16-9-15(17-11-24-25-12-17)4-7-19(16)22(20(13)10-21(26)27)14-2-5-18(23)6-3-14/h2-9,11-12H,10H2,1H3,(H,24,25)(H,26,27). The molecule has 2 N–H and O–H groups in total. The predicted molar refractivity (Wildman–Crippen MR) is 108 cm³/mol. The molecule has 4 nitrogen and oxygen atoms in total. The van der Waals surface area contributed by atoms with Gasteiger partial charge in [0.2, 0.25) is 0 Å². The van der Waals surface area contributed by atoms with E-state index in [-0.39, 0.29) is 6.42 Å². The van der Waals surface area contributed by atoms with Gasteiger partial charge in [0.05, 0.1) is 12.6 Å². The van der Waals surface area contributed by atoms with E-state index in [2.05, 4.69) is 22.3 Å². The maximum atomic E-state index is 11.5. The number of fused-ring (bicyclic) bond motifs is 1. The molecule has 0 saturated heterocycles. The van der Waals surface area contributed by atoms with E-state index in [1.807, 2.05) is 49.5 Å². The second kappa shape index (κ2) is 6.89. The van der Waals surface area contributed by atoms with Crippen molar-refractivity contribution in [1.29, 1.82) is 0 Å². The van der Waals surface area contributed by atoms with Crippen LogP contribution in [0.2, 0.25) is 5.02 Å². The summed E-state index contributed by atoms with van der Waals surface area (Å²) >= 11 is 6.05. The zero-order valence-corrected chi connectivity index (χ0v) is 15.4. The van der Waals surface area contributed by atoms with Gasteiger partial charge in [-0.1, -0.05) is 41.9 Å².